The van der Waals surface area contributed by atoms with Crippen LogP contribution in [0.1, 0.15) is 31.7 Å². The number of nitrogens with two attached hydrogens (primary N) is 1. The number of hydrogen-bond acceptors (Lipinski definition) is 4. The van der Waals surface area contributed by atoms with E-state index in [1.807, 2.05) is 17.0 Å². The van der Waals surface area contributed by atoms with Gasteiger partial charge in [-0.3, -0.25) is 4.79 Å². The van der Waals surface area contributed by atoms with Gasteiger partial charge in [-0.1, -0.05) is 6.92 Å². The van der Waals surface area contributed by atoms with Gasteiger partial charge in [-0.2, -0.15) is 0 Å². The molecule has 1 fully saturated rings. The van der Waals surface area contributed by atoms with Crippen LogP contribution in [0.4, 0.5) is 5.69 Å². The monoisotopic (exact) mass is 306 g/mol. The molecule has 1 unspecified atom stereocenters. The molecule has 1 atom stereocenters. The molecule has 22 heavy (non-hydrogen) atoms. The van der Waals surface area contributed by atoms with E-state index in [2.05, 4.69) is 6.92 Å². The maximum absolute atomic E-state index is 12.3. The van der Waals surface area contributed by atoms with Gasteiger partial charge >= 0.3 is 0 Å². The summed E-state index contributed by atoms with van der Waals surface area (Å²) in [6.45, 7) is 3.97. The van der Waals surface area contributed by atoms with Crippen molar-refractivity contribution < 1.29 is 14.3 Å². The number of methoxy groups -OCH3 is 2. The van der Waals surface area contributed by atoms with Crippen molar-refractivity contribution in [2.24, 2.45) is 5.92 Å². The van der Waals surface area contributed by atoms with E-state index in [1.165, 1.54) is 6.42 Å². The summed E-state index contributed by atoms with van der Waals surface area (Å²) in [5, 5.41) is 0. The fraction of sp³-hybridized carbons (Fsp3) is 0.588. The Morgan fingerprint density at radius 3 is 2.77 bits per heavy atom. The smallest absolute Gasteiger partial charge is 0.222 e. The molecule has 1 saturated heterocycles. The molecule has 1 aromatic rings. The molecule has 5 nitrogen and oxygen atoms in total. The zero-order chi connectivity index (χ0) is 16.1. The maximum Gasteiger partial charge on any atom is 0.222 e. The lowest BCUT2D eigenvalue weighted by atomic mass is 9.99. The van der Waals surface area contributed by atoms with Crippen molar-refractivity contribution in [3.63, 3.8) is 0 Å². The molecule has 1 heterocycles. The summed E-state index contributed by atoms with van der Waals surface area (Å²) >= 11 is 0. The zero-order valence-electron chi connectivity index (χ0n) is 13.7. The van der Waals surface area contributed by atoms with Gasteiger partial charge in [0.15, 0.2) is 11.5 Å². The molecule has 5 heteroatoms. The van der Waals surface area contributed by atoms with Crippen molar-refractivity contribution in [1.82, 2.24) is 4.90 Å². The molecule has 0 aromatic heterocycles. The fourth-order valence-corrected chi connectivity index (χ4v) is 3.02. The van der Waals surface area contributed by atoms with Crippen LogP contribution in [0.2, 0.25) is 0 Å². The fourth-order valence-electron chi connectivity index (χ4n) is 3.02. The van der Waals surface area contributed by atoms with Gasteiger partial charge in [-0.15, -0.1) is 0 Å². The standard InChI is InChI=1S/C17H26N2O3/c1-12-5-4-8-19(11-12)16(20)7-6-13-9-14(18)17(22-3)15(10-13)21-2/h9-10,12H,4-8,11,18H2,1-3H3. The van der Waals surface area contributed by atoms with Gasteiger partial charge in [0.1, 0.15) is 0 Å². The Balaban J connectivity index is 1.99. The third kappa shape index (κ3) is 3.84. The molecule has 1 amide bonds. The zero-order valence-corrected chi connectivity index (χ0v) is 13.7. The van der Waals surface area contributed by atoms with Crippen LogP contribution in [0.5, 0.6) is 11.5 Å². The van der Waals surface area contributed by atoms with Gasteiger partial charge in [-0.05, 0) is 42.9 Å². The SMILES string of the molecule is COc1cc(CCC(=O)N2CCCC(C)C2)cc(N)c1OC. The van der Waals surface area contributed by atoms with E-state index in [-0.39, 0.29) is 5.91 Å². The van der Waals surface area contributed by atoms with Gasteiger partial charge in [0.25, 0.3) is 0 Å². The minimum Gasteiger partial charge on any atom is -0.493 e. The van der Waals surface area contributed by atoms with E-state index in [0.29, 0.717) is 35.9 Å². The van der Waals surface area contributed by atoms with Crippen LogP contribution in [-0.4, -0.2) is 38.1 Å². The molecular formula is C17H26N2O3. The Morgan fingerprint density at radius 1 is 1.36 bits per heavy atom. The van der Waals surface area contributed by atoms with E-state index in [1.54, 1.807) is 14.2 Å². The molecule has 122 valence electrons. The molecule has 0 spiro atoms. The number of nitrogen functional groups attached to an aromatic ring is 1. The van der Waals surface area contributed by atoms with E-state index < -0.39 is 0 Å². The highest BCUT2D eigenvalue weighted by Gasteiger charge is 2.20. The average molecular weight is 306 g/mol. The normalized spacial score (nSPS) is 18.1. The number of likely N-dealkylation sites (tertiary alicyclic amines) is 1. The largest absolute Gasteiger partial charge is 0.493 e. The van der Waals surface area contributed by atoms with Crippen LogP contribution in [0.3, 0.4) is 0 Å². The van der Waals surface area contributed by atoms with Crippen LogP contribution in [-0.2, 0) is 11.2 Å². The highest BCUT2D eigenvalue weighted by atomic mass is 16.5. The van der Waals surface area contributed by atoms with Gasteiger partial charge in [0, 0.05) is 19.5 Å². The van der Waals surface area contributed by atoms with E-state index in [0.717, 1.165) is 25.1 Å². The Hall–Kier alpha value is -1.91. The third-order valence-electron chi connectivity index (χ3n) is 4.20. The van der Waals surface area contributed by atoms with E-state index in [9.17, 15) is 4.79 Å². The van der Waals surface area contributed by atoms with E-state index in [4.69, 9.17) is 15.2 Å². The highest BCUT2D eigenvalue weighted by molar-refractivity contribution is 5.76. The average Bonchev–Trinajstić information content (AvgIpc) is 2.51. The quantitative estimate of drug-likeness (QED) is 0.849. The summed E-state index contributed by atoms with van der Waals surface area (Å²) in [6, 6.07) is 3.74. The minimum absolute atomic E-state index is 0.222. The number of aryl methyl sites for hydroxylation is 1. The molecular weight excluding hydrogens is 280 g/mol. The number of carbonyl (C=O) groups excluding carboxylic acids is 1. The number of piperidine rings is 1. The Labute approximate surface area is 132 Å². The second-order valence-electron chi connectivity index (χ2n) is 6.01. The first-order valence-corrected chi connectivity index (χ1v) is 7.83. The summed E-state index contributed by atoms with van der Waals surface area (Å²) in [6.07, 6.45) is 3.49. The summed E-state index contributed by atoms with van der Waals surface area (Å²) in [5.41, 5.74) is 7.51. The number of hydrogen-bond donors (Lipinski definition) is 1. The van der Waals surface area contributed by atoms with Gasteiger partial charge in [-0.25, -0.2) is 0 Å². The number of nitrogens with zero attached hydrogens (tertiary/aromatic N) is 1. The number of rotatable bonds is 5. The molecule has 2 N–H and O–H groups in total. The van der Waals surface area contributed by atoms with Crippen LogP contribution in [0.25, 0.3) is 0 Å². The summed E-state index contributed by atoms with van der Waals surface area (Å²) in [7, 11) is 3.15. The van der Waals surface area contributed by atoms with Crippen molar-refractivity contribution in [2.45, 2.75) is 32.6 Å². The number of benzene rings is 1. The molecule has 2 rings (SSSR count). The van der Waals surface area contributed by atoms with Gasteiger partial charge in [0.05, 0.1) is 19.9 Å². The summed E-state index contributed by atoms with van der Waals surface area (Å²) in [5.74, 6) is 1.98. The van der Waals surface area contributed by atoms with Gasteiger partial charge in [0.2, 0.25) is 5.91 Å². The molecule has 1 aromatic carbocycles. The number of amides is 1. The summed E-state index contributed by atoms with van der Waals surface area (Å²) < 4.78 is 10.5. The second kappa shape index (κ2) is 7.38. The predicted molar refractivity (Wildman–Crippen MR) is 87.3 cm³/mol. The molecule has 1 aliphatic heterocycles. The van der Waals surface area contributed by atoms with Crippen molar-refractivity contribution >= 4 is 11.6 Å². The minimum atomic E-state index is 0.222. The molecule has 1 aliphatic rings. The Kier molecular flexibility index (Phi) is 5.52. The first-order chi connectivity index (χ1) is 10.5. The first kappa shape index (κ1) is 16.5. The number of ether oxygens (including phenoxy) is 2. The van der Waals surface area contributed by atoms with E-state index >= 15 is 0 Å². The first-order valence-electron chi connectivity index (χ1n) is 7.83. The molecule has 0 saturated carbocycles. The molecule has 0 aliphatic carbocycles. The number of anilines is 1. The maximum atomic E-state index is 12.3. The van der Waals surface area contributed by atoms with Crippen molar-refractivity contribution in [3.8, 4) is 11.5 Å². The lowest BCUT2D eigenvalue weighted by Gasteiger charge is -2.31. The topological polar surface area (TPSA) is 64.8 Å². The second-order valence-corrected chi connectivity index (χ2v) is 6.01. The number of carbonyl (C=O) groups is 1. The van der Waals surface area contributed by atoms with Crippen molar-refractivity contribution in [2.75, 3.05) is 33.0 Å². The van der Waals surface area contributed by atoms with Gasteiger partial charge < -0.3 is 20.1 Å². The highest BCUT2D eigenvalue weighted by Crippen LogP contribution is 2.34. The molecule has 0 radical (unpaired) electrons. The Morgan fingerprint density at radius 2 is 2.14 bits per heavy atom. The predicted octanol–water partition coefficient (Wildman–Crippen LogP) is 2.48. The molecule has 0 bridgehead atoms. The van der Waals surface area contributed by atoms with Crippen LogP contribution < -0.4 is 15.2 Å². The van der Waals surface area contributed by atoms with Crippen LogP contribution >= 0.6 is 0 Å². The lowest BCUT2D eigenvalue weighted by Crippen LogP contribution is -2.39. The third-order valence-corrected chi connectivity index (χ3v) is 4.20. The Bertz CT molecular complexity index is 531. The lowest BCUT2D eigenvalue weighted by molar-refractivity contribution is -0.132. The van der Waals surface area contributed by atoms with Crippen LogP contribution in [0, 0.1) is 5.92 Å². The van der Waals surface area contributed by atoms with Crippen molar-refractivity contribution in [1.29, 1.82) is 0 Å². The summed E-state index contributed by atoms with van der Waals surface area (Å²) in [4.78, 5) is 14.3. The van der Waals surface area contributed by atoms with Crippen LogP contribution in [0.15, 0.2) is 12.1 Å². The van der Waals surface area contributed by atoms with Crippen molar-refractivity contribution in [3.05, 3.63) is 17.7 Å².